The van der Waals surface area contributed by atoms with Crippen LogP contribution in [0.1, 0.15) is 56.6 Å². The zero-order chi connectivity index (χ0) is 36.8. The summed E-state index contributed by atoms with van der Waals surface area (Å²) in [6, 6.07) is 7.93. The Bertz CT molecular complexity index is 1560. The van der Waals surface area contributed by atoms with E-state index < -0.39 is 65.3 Å². The fraction of sp³-hybridized carbons (Fsp3) is 0.469. The van der Waals surface area contributed by atoms with E-state index in [1.54, 1.807) is 36.1 Å². The number of carbonyl (C=O) groups excluding carboxylic acids is 4. The van der Waals surface area contributed by atoms with Gasteiger partial charge in [0.25, 0.3) is 0 Å². The molecule has 0 spiro atoms. The molecule has 1 aliphatic carbocycles. The smallest absolute Gasteiger partial charge is 0.475 e. The highest BCUT2D eigenvalue weighted by Gasteiger charge is 2.48. The van der Waals surface area contributed by atoms with Gasteiger partial charge in [-0.3, -0.25) is 19.2 Å². The second-order valence-electron chi connectivity index (χ2n) is 12.0. The molecule has 0 radical (unpaired) electrons. The van der Waals surface area contributed by atoms with Gasteiger partial charge in [0.2, 0.25) is 23.6 Å². The highest BCUT2D eigenvalue weighted by atomic mass is 35.5. The van der Waals surface area contributed by atoms with Gasteiger partial charge >= 0.3 is 12.1 Å². The molecule has 1 saturated carbocycles. The third kappa shape index (κ3) is 10.0. The standard InChI is InChI=1S/C30H36Cl2FN5O4.C2HF3O2/c1-3-4-24-28(41)37(17(2)25(26(34)39)21-10-7-19(31)16-22(21)32)13-14-38(24)27(40)23(36-29(42)30(35)11-12-30)15-18-5-8-20(33)9-6-18;3-2(4,5)1(6)7/h5-10,16-17,23-25H,3-4,11-15,35H2,1-2H3,(H2,34,39)(H,36,42);(H,6,7). The summed E-state index contributed by atoms with van der Waals surface area (Å²) < 4.78 is 45.3. The number of aliphatic carboxylic acids is 1. The number of amides is 4. The lowest BCUT2D eigenvalue weighted by atomic mass is 9.89. The van der Waals surface area contributed by atoms with Gasteiger partial charge < -0.3 is 31.7 Å². The molecule has 1 saturated heterocycles. The fourth-order valence-electron chi connectivity index (χ4n) is 5.53. The monoisotopic (exact) mass is 733 g/mol. The lowest BCUT2D eigenvalue weighted by Gasteiger charge is -2.45. The number of halogens is 6. The molecule has 2 aliphatic rings. The lowest BCUT2D eigenvalue weighted by molar-refractivity contribution is -0.192. The third-order valence-electron chi connectivity index (χ3n) is 8.39. The number of alkyl halides is 3. The minimum atomic E-state index is -5.08. The zero-order valence-electron chi connectivity index (χ0n) is 26.6. The number of hydrogen-bond acceptors (Lipinski definition) is 6. The van der Waals surface area contributed by atoms with Gasteiger partial charge in [-0.25, -0.2) is 9.18 Å². The molecule has 0 aromatic heterocycles. The largest absolute Gasteiger partial charge is 0.490 e. The van der Waals surface area contributed by atoms with Crippen LogP contribution < -0.4 is 16.8 Å². The van der Waals surface area contributed by atoms with Crippen molar-refractivity contribution in [2.45, 2.75) is 81.7 Å². The molecule has 4 unspecified atom stereocenters. The Balaban J connectivity index is 0.000000838. The number of carbonyl (C=O) groups is 5. The summed E-state index contributed by atoms with van der Waals surface area (Å²) in [5.74, 6) is -5.92. The minimum Gasteiger partial charge on any atom is -0.475 e. The second kappa shape index (κ2) is 16.2. The molecule has 17 heteroatoms. The van der Waals surface area contributed by atoms with Crippen LogP contribution in [-0.2, 0) is 30.4 Å². The summed E-state index contributed by atoms with van der Waals surface area (Å²) in [4.78, 5) is 65.5. The summed E-state index contributed by atoms with van der Waals surface area (Å²) in [6.45, 7) is 3.94. The van der Waals surface area contributed by atoms with Gasteiger partial charge in [0, 0.05) is 35.6 Å². The number of carboxylic acids is 1. The van der Waals surface area contributed by atoms with Crippen LogP contribution in [-0.4, -0.2) is 87.4 Å². The fourth-order valence-corrected chi connectivity index (χ4v) is 6.06. The number of nitrogens with one attached hydrogen (secondary N) is 1. The van der Waals surface area contributed by atoms with E-state index in [4.69, 9.17) is 44.6 Å². The Morgan fingerprint density at radius 1 is 1.08 bits per heavy atom. The van der Waals surface area contributed by atoms with Crippen LogP contribution in [0, 0.1) is 5.82 Å². The molecule has 4 rings (SSSR count). The molecular formula is C32H37Cl2F4N5O6. The third-order valence-corrected chi connectivity index (χ3v) is 8.95. The molecule has 6 N–H and O–H groups in total. The van der Waals surface area contributed by atoms with E-state index in [9.17, 15) is 36.7 Å². The van der Waals surface area contributed by atoms with Crippen molar-refractivity contribution in [2.24, 2.45) is 11.5 Å². The summed E-state index contributed by atoms with van der Waals surface area (Å²) in [5.41, 5.74) is 12.0. The number of benzene rings is 2. The SMILES string of the molecule is CCCC1C(=O)N(C(C)C(C(N)=O)c2ccc(Cl)cc2Cl)CCN1C(=O)C(Cc1ccc(F)cc1)NC(=O)C1(N)CC1.O=C(O)C(F)(F)F. The maximum Gasteiger partial charge on any atom is 0.490 e. The van der Waals surface area contributed by atoms with Crippen molar-refractivity contribution in [3.63, 3.8) is 0 Å². The maximum absolute atomic E-state index is 14.0. The summed E-state index contributed by atoms with van der Waals surface area (Å²) in [5, 5.41) is 10.6. The summed E-state index contributed by atoms with van der Waals surface area (Å²) in [7, 11) is 0. The zero-order valence-corrected chi connectivity index (χ0v) is 28.1. The number of primary amides is 1. The molecule has 11 nitrogen and oxygen atoms in total. The van der Waals surface area contributed by atoms with Crippen LogP contribution in [0.4, 0.5) is 17.6 Å². The van der Waals surface area contributed by atoms with Crippen molar-refractivity contribution in [3.05, 3.63) is 69.5 Å². The number of hydrogen-bond donors (Lipinski definition) is 4. The lowest BCUT2D eigenvalue weighted by Crippen LogP contribution is -2.65. The number of carboxylic acid groups (broad SMARTS) is 1. The van der Waals surface area contributed by atoms with Gasteiger partial charge in [-0.1, -0.05) is 54.7 Å². The first-order chi connectivity index (χ1) is 22.8. The highest BCUT2D eigenvalue weighted by Crippen LogP contribution is 2.34. The number of nitrogens with zero attached hydrogens (tertiary/aromatic N) is 2. The predicted octanol–water partition coefficient (Wildman–Crippen LogP) is 3.78. The van der Waals surface area contributed by atoms with Crippen molar-refractivity contribution in [1.29, 1.82) is 0 Å². The van der Waals surface area contributed by atoms with E-state index in [0.717, 1.165) is 0 Å². The van der Waals surface area contributed by atoms with Gasteiger partial charge in [-0.05, 0) is 61.6 Å². The topological polar surface area (TPSA) is 176 Å². The highest BCUT2D eigenvalue weighted by molar-refractivity contribution is 6.35. The normalized spacial score (nSPS) is 18.8. The van der Waals surface area contributed by atoms with Crippen LogP contribution in [0.3, 0.4) is 0 Å². The van der Waals surface area contributed by atoms with E-state index in [1.165, 1.54) is 23.1 Å². The summed E-state index contributed by atoms with van der Waals surface area (Å²) in [6.07, 6.45) is -2.98. The van der Waals surface area contributed by atoms with Crippen molar-refractivity contribution >= 4 is 52.8 Å². The van der Waals surface area contributed by atoms with Crippen LogP contribution in [0.2, 0.25) is 10.0 Å². The van der Waals surface area contributed by atoms with Gasteiger partial charge in [-0.2, -0.15) is 13.2 Å². The molecule has 0 bridgehead atoms. The molecule has 268 valence electrons. The Hall–Kier alpha value is -3.95. The predicted molar refractivity (Wildman–Crippen MR) is 172 cm³/mol. The molecule has 2 aromatic carbocycles. The van der Waals surface area contributed by atoms with Crippen LogP contribution in [0.5, 0.6) is 0 Å². The average Bonchev–Trinajstić information content (AvgIpc) is 3.77. The Labute approximate surface area is 289 Å². The number of piperazine rings is 1. The van der Waals surface area contributed by atoms with Gasteiger partial charge in [0.15, 0.2) is 0 Å². The van der Waals surface area contributed by atoms with Crippen LogP contribution in [0.25, 0.3) is 0 Å². The van der Waals surface area contributed by atoms with Gasteiger partial charge in [0.05, 0.1) is 11.5 Å². The summed E-state index contributed by atoms with van der Waals surface area (Å²) >= 11 is 12.4. The first-order valence-corrected chi connectivity index (χ1v) is 16.1. The number of rotatable bonds is 11. The Morgan fingerprint density at radius 2 is 1.67 bits per heavy atom. The molecule has 4 atom stereocenters. The molecule has 1 aliphatic heterocycles. The van der Waals surface area contributed by atoms with Crippen molar-refractivity contribution in [2.75, 3.05) is 13.1 Å². The average molecular weight is 735 g/mol. The van der Waals surface area contributed by atoms with Crippen LogP contribution in [0.15, 0.2) is 42.5 Å². The second-order valence-corrected chi connectivity index (χ2v) is 12.8. The number of nitrogens with two attached hydrogens (primary N) is 2. The first kappa shape index (κ1) is 39.5. The van der Waals surface area contributed by atoms with E-state index in [1.807, 2.05) is 6.92 Å². The van der Waals surface area contributed by atoms with Gasteiger partial charge in [-0.15, -0.1) is 0 Å². The van der Waals surface area contributed by atoms with Gasteiger partial charge in [0.1, 0.15) is 17.9 Å². The van der Waals surface area contributed by atoms with E-state index in [2.05, 4.69) is 5.32 Å². The molecule has 49 heavy (non-hydrogen) atoms. The molecule has 4 amide bonds. The van der Waals surface area contributed by atoms with E-state index >= 15 is 0 Å². The van der Waals surface area contributed by atoms with Crippen molar-refractivity contribution in [1.82, 2.24) is 15.1 Å². The molecule has 2 fully saturated rings. The van der Waals surface area contributed by atoms with Crippen molar-refractivity contribution in [3.8, 4) is 0 Å². The molecule has 1 heterocycles. The Morgan fingerprint density at radius 3 is 2.16 bits per heavy atom. The Kier molecular flexibility index (Phi) is 13.0. The minimum absolute atomic E-state index is 0.101. The van der Waals surface area contributed by atoms with E-state index in [0.29, 0.717) is 41.8 Å². The van der Waals surface area contributed by atoms with E-state index in [-0.39, 0.29) is 30.4 Å². The quantitative estimate of drug-likeness (QED) is 0.254. The molecular weight excluding hydrogens is 697 g/mol. The van der Waals surface area contributed by atoms with Crippen molar-refractivity contribution < 1.29 is 46.6 Å². The molecule has 2 aromatic rings. The first-order valence-electron chi connectivity index (χ1n) is 15.3. The maximum atomic E-state index is 14.0. The van der Waals surface area contributed by atoms with Crippen LogP contribution >= 0.6 is 23.2 Å².